The van der Waals surface area contributed by atoms with Gasteiger partial charge in [0.2, 0.25) is 0 Å². The minimum absolute atomic E-state index is 0.280. The second-order valence-electron chi connectivity index (χ2n) is 6.84. The van der Waals surface area contributed by atoms with E-state index in [1.165, 1.54) is 18.4 Å². The molecule has 0 amide bonds. The summed E-state index contributed by atoms with van der Waals surface area (Å²) in [5.74, 6) is 2.01. The molecule has 0 saturated carbocycles. The van der Waals surface area contributed by atoms with Crippen molar-refractivity contribution in [2.45, 2.75) is 58.9 Å². The summed E-state index contributed by atoms with van der Waals surface area (Å²) in [7, 11) is 1.70. The van der Waals surface area contributed by atoms with E-state index in [0.717, 1.165) is 43.3 Å². The number of aromatic nitrogens is 2. The van der Waals surface area contributed by atoms with Gasteiger partial charge in [0.15, 0.2) is 0 Å². The number of hydrogen-bond acceptors (Lipinski definition) is 4. The van der Waals surface area contributed by atoms with Gasteiger partial charge < -0.3 is 14.0 Å². The number of methoxy groups -OCH3 is 1. The Hall–Kier alpha value is -1.59. The normalized spacial score (nSPS) is 22.2. The number of ether oxygens (including phenoxy) is 2. The van der Waals surface area contributed by atoms with Crippen LogP contribution in [0.4, 0.5) is 0 Å². The monoisotopic (exact) mass is 331 g/mol. The number of rotatable bonds is 6. The molecule has 5 heteroatoms. The van der Waals surface area contributed by atoms with Gasteiger partial charge in [0, 0.05) is 25.7 Å². The molecule has 0 radical (unpaired) electrons. The molecule has 1 aromatic heterocycles. The minimum Gasteiger partial charge on any atom is -0.497 e. The molecule has 1 fully saturated rings. The lowest BCUT2D eigenvalue weighted by molar-refractivity contribution is -0.0712. The molecular weight excluding hydrogens is 302 g/mol. The topological polar surface area (TPSA) is 39.5 Å². The number of aryl methyl sites for hydroxylation is 1. The summed E-state index contributed by atoms with van der Waals surface area (Å²) in [6.45, 7) is 10.3. The summed E-state index contributed by atoms with van der Waals surface area (Å²) in [5, 5.41) is 0. The number of unbranched alkanes of at least 4 members (excludes halogenated alkanes) is 1. The molecule has 132 valence electrons. The average molecular weight is 331 g/mol. The summed E-state index contributed by atoms with van der Waals surface area (Å²) in [5.41, 5.74) is 2.23. The van der Waals surface area contributed by atoms with Crippen LogP contribution in [-0.4, -0.2) is 46.9 Å². The van der Waals surface area contributed by atoms with Crippen LogP contribution in [0, 0.1) is 0 Å². The summed E-state index contributed by atoms with van der Waals surface area (Å²) in [6.07, 6.45) is 2.91. The Balaban J connectivity index is 1.89. The lowest BCUT2D eigenvalue weighted by atomic mass is 10.2. The average Bonchev–Trinajstić information content (AvgIpc) is 2.88. The van der Waals surface area contributed by atoms with Crippen LogP contribution < -0.4 is 4.74 Å². The number of nitrogens with zero attached hydrogens (tertiary/aromatic N) is 3. The van der Waals surface area contributed by atoms with E-state index in [4.69, 9.17) is 14.5 Å². The van der Waals surface area contributed by atoms with E-state index in [2.05, 4.69) is 36.3 Å². The predicted octanol–water partition coefficient (Wildman–Crippen LogP) is 3.45. The van der Waals surface area contributed by atoms with Crippen LogP contribution in [-0.2, 0) is 17.8 Å². The largest absolute Gasteiger partial charge is 0.497 e. The molecule has 3 rings (SSSR count). The second kappa shape index (κ2) is 7.53. The van der Waals surface area contributed by atoms with Crippen molar-refractivity contribution in [3.05, 3.63) is 24.0 Å². The van der Waals surface area contributed by atoms with Crippen LogP contribution in [0.2, 0.25) is 0 Å². The zero-order chi connectivity index (χ0) is 17.1. The molecule has 2 aromatic rings. The first-order valence-corrected chi connectivity index (χ1v) is 9.01. The smallest absolute Gasteiger partial charge is 0.124 e. The number of benzene rings is 1. The minimum atomic E-state index is 0.280. The summed E-state index contributed by atoms with van der Waals surface area (Å²) in [6, 6.07) is 6.19. The van der Waals surface area contributed by atoms with E-state index in [1.54, 1.807) is 7.11 Å². The van der Waals surface area contributed by atoms with Crippen molar-refractivity contribution in [3.8, 4) is 5.75 Å². The molecule has 0 spiro atoms. The molecule has 2 heterocycles. The van der Waals surface area contributed by atoms with Crippen molar-refractivity contribution in [2.75, 3.05) is 20.2 Å². The molecule has 5 nitrogen and oxygen atoms in total. The number of hydrogen-bond donors (Lipinski definition) is 0. The zero-order valence-electron chi connectivity index (χ0n) is 15.3. The van der Waals surface area contributed by atoms with Crippen LogP contribution in [0.15, 0.2) is 18.2 Å². The SMILES string of the molecule is CCCCn1c(CN2CC(C)OC(C)C2)nc2cc(OC)ccc21. The Bertz CT molecular complexity index is 673. The highest BCUT2D eigenvalue weighted by Gasteiger charge is 2.24. The van der Waals surface area contributed by atoms with Crippen molar-refractivity contribution in [3.63, 3.8) is 0 Å². The standard InChI is InChI=1S/C19H29N3O2/c1-5-6-9-22-18-8-7-16(23-4)10-17(18)20-19(22)13-21-11-14(2)24-15(3)12-21/h7-8,10,14-15H,5-6,9,11-13H2,1-4H3. The molecule has 0 bridgehead atoms. The molecule has 2 atom stereocenters. The highest BCUT2D eigenvalue weighted by molar-refractivity contribution is 5.77. The highest BCUT2D eigenvalue weighted by atomic mass is 16.5. The van der Waals surface area contributed by atoms with Crippen molar-refractivity contribution >= 4 is 11.0 Å². The number of imidazole rings is 1. The maximum atomic E-state index is 5.85. The fourth-order valence-corrected chi connectivity index (χ4v) is 3.59. The third kappa shape index (κ3) is 3.73. The van der Waals surface area contributed by atoms with Gasteiger partial charge in [0.05, 0.1) is 36.9 Å². The summed E-state index contributed by atoms with van der Waals surface area (Å²) >= 11 is 0. The summed E-state index contributed by atoms with van der Waals surface area (Å²) in [4.78, 5) is 7.38. The van der Waals surface area contributed by atoms with Crippen LogP contribution in [0.3, 0.4) is 0 Å². The molecule has 1 aromatic carbocycles. The van der Waals surface area contributed by atoms with Gasteiger partial charge in [-0.3, -0.25) is 4.90 Å². The molecule has 0 aliphatic carbocycles. The van der Waals surface area contributed by atoms with Gasteiger partial charge in [-0.15, -0.1) is 0 Å². The van der Waals surface area contributed by atoms with Gasteiger partial charge in [0.1, 0.15) is 11.6 Å². The second-order valence-corrected chi connectivity index (χ2v) is 6.84. The van der Waals surface area contributed by atoms with Crippen molar-refractivity contribution < 1.29 is 9.47 Å². The fourth-order valence-electron chi connectivity index (χ4n) is 3.59. The molecule has 1 aliphatic rings. The van der Waals surface area contributed by atoms with Gasteiger partial charge in [-0.2, -0.15) is 0 Å². The maximum Gasteiger partial charge on any atom is 0.124 e. The Kier molecular flexibility index (Phi) is 5.41. The quantitative estimate of drug-likeness (QED) is 0.813. The van der Waals surface area contributed by atoms with E-state index in [0.29, 0.717) is 0 Å². The summed E-state index contributed by atoms with van der Waals surface area (Å²) < 4.78 is 13.6. The van der Waals surface area contributed by atoms with E-state index in [1.807, 2.05) is 12.1 Å². The van der Waals surface area contributed by atoms with E-state index < -0.39 is 0 Å². The predicted molar refractivity (Wildman–Crippen MR) is 96.5 cm³/mol. The third-order valence-electron chi connectivity index (χ3n) is 4.63. The number of fused-ring (bicyclic) bond motifs is 1. The first-order chi connectivity index (χ1) is 11.6. The van der Waals surface area contributed by atoms with Crippen LogP contribution in [0.5, 0.6) is 5.75 Å². The molecule has 24 heavy (non-hydrogen) atoms. The lowest BCUT2D eigenvalue weighted by Crippen LogP contribution is -2.45. The number of morpholine rings is 1. The van der Waals surface area contributed by atoms with Crippen molar-refractivity contribution in [2.24, 2.45) is 0 Å². The van der Waals surface area contributed by atoms with Crippen LogP contribution in [0.1, 0.15) is 39.4 Å². The molecule has 1 aliphatic heterocycles. The van der Waals surface area contributed by atoms with Crippen molar-refractivity contribution in [1.82, 2.24) is 14.5 Å². The van der Waals surface area contributed by atoms with Crippen molar-refractivity contribution in [1.29, 1.82) is 0 Å². The van der Waals surface area contributed by atoms with E-state index >= 15 is 0 Å². The Morgan fingerprint density at radius 2 is 2.00 bits per heavy atom. The van der Waals surface area contributed by atoms with Gasteiger partial charge >= 0.3 is 0 Å². The molecule has 1 saturated heterocycles. The Morgan fingerprint density at radius 3 is 2.67 bits per heavy atom. The Morgan fingerprint density at radius 1 is 1.25 bits per heavy atom. The molecule has 2 unspecified atom stereocenters. The third-order valence-corrected chi connectivity index (χ3v) is 4.63. The molecular formula is C19H29N3O2. The van der Waals surface area contributed by atoms with Gasteiger partial charge in [-0.05, 0) is 32.4 Å². The van der Waals surface area contributed by atoms with Gasteiger partial charge in [0.25, 0.3) is 0 Å². The van der Waals surface area contributed by atoms with E-state index in [-0.39, 0.29) is 12.2 Å². The van der Waals surface area contributed by atoms with Crippen LogP contribution in [0.25, 0.3) is 11.0 Å². The van der Waals surface area contributed by atoms with Gasteiger partial charge in [-0.25, -0.2) is 4.98 Å². The zero-order valence-corrected chi connectivity index (χ0v) is 15.3. The fraction of sp³-hybridized carbons (Fsp3) is 0.632. The van der Waals surface area contributed by atoms with E-state index in [9.17, 15) is 0 Å². The molecule has 0 N–H and O–H groups in total. The first kappa shape index (κ1) is 17.2. The van der Waals surface area contributed by atoms with Crippen LogP contribution >= 0.6 is 0 Å². The maximum absolute atomic E-state index is 5.85. The lowest BCUT2D eigenvalue weighted by Gasteiger charge is -2.35. The Labute approximate surface area is 144 Å². The first-order valence-electron chi connectivity index (χ1n) is 9.01. The van der Waals surface area contributed by atoms with Gasteiger partial charge in [-0.1, -0.05) is 13.3 Å². The highest BCUT2D eigenvalue weighted by Crippen LogP contribution is 2.24.